The molecule has 4 nitrogen and oxygen atoms in total. The van der Waals surface area contributed by atoms with Gasteiger partial charge in [-0.2, -0.15) is 5.10 Å². The van der Waals surface area contributed by atoms with E-state index in [2.05, 4.69) is 29.1 Å². The Balaban J connectivity index is 1.58. The van der Waals surface area contributed by atoms with Crippen LogP contribution < -0.4 is 0 Å². The summed E-state index contributed by atoms with van der Waals surface area (Å²) in [6, 6.07) is 0. The van der Waals surface area contributed by atoms with Gasteiger partial charge in [0.25, 0.3) is 0 Å². The number of aromatic nitrogens is 2. The third-order valence-corrected chi connectivity index (χ3v) is 5.58. The first-order valence-electron chi connectivity index (χ1n) is 9.07. The molecule has 1 saturated heterocycles. The Labute approximate surface area is 134 Å². The number of rotatable bonds is 6. The Kier molecular flexibility index (Phi) is 5.19. The van der Waals surface area contributed by atoms with Crippen LogP contribution in [0.2, 0.25) is 0 Å². The van der Waals surface area contributed by atoms with Gasteiger partial charge in [0.2, 0.25) is 0 Å². The molecule has 1 saturated carbocycles. The van der Waals surface area contributed by atoms with E-state index < -0.39 is 0 Å². The lowest BCUT2D eigenvalue weighted by atomic mass is 9.76. The maximum atomic E-state index is 6.05. The summed E-state index contributed by atoms with van der Waals surface area (Å²) in [5.74, 6) is 0.645. The molecule has 0 aromatic carbocycles. The van der Waals surface area contributed by atoms with E-state index in [0.29, 0.717) is 5.92 Å². The average Bonchev–Trinajstić information content (AvgIpc) is 3.16. The van der Waals surface area contributed by atoms with E-state index in [9.17, 15) is 0 Å². The van der Waals surface area contributed by atoms with E-state index in [1.807, 2.05) is 6.20 Å². The molecule has 0 radical (unpaired) electrons. The highest BCUT2D eigenvalue weighted by Crippen LogP contribution is 2.44. The Bertz CT molecular complexity index is 455. The van der Waals surface area contributed by atoms with Crippen LogP contribution >= 0.6 is 0 Å². The monoisotopic (exact) mass is 305 g/mol. The summed E-state index contributed by atoms with van der Waals surface area (Å²) in [5.41, 5.74) is 3.01. The first-order valence-corrected chi connectivity index (χ1v) is 9.07. The van der Waals surface area contributed by atoms with Gasteiger partial charge in [-0.25, -0.2) is 0 Å². The Morgan fingerprint density at radius 3 is 2.86 bits per heavy atom. The summed E-state index contributed by atoms with van der Waals surface area (Å²) in [7, 11) is 2.22. The summed E-state index contributed by atoms with van der Waals surface area (Å²) < 4.78 is 6.05. The maximum absolute atomic E-state index is 6.05. The number of H-pyrrole nitrogens is 1. The van der Waals surface area contributed by atoms with Crippen LogP contribution in [0.4, 0.5) is 0 Å². The van der Waals surface area contributed by atoms with Crippen molar-refractivity contribution in [1.29, 1.82) is 0 Å². The first-order chi connectivity index (χ1) is 10.7. The van der Waals surface area contributed by atoms with Crippen molar-refractivity contribution in [1.82, 2.24) is 15.1 Å². The molecule has 22 heavy (non-hydrogen) atoms. The van der Waals surface area contributed by atoms with Gasteiger partial charge in [0.1, 0.15) is 0 Å². The molecule has 1 spiro atoms. The van der Waals surface area contributed by atoms with Crippen LogP contribution in [-0.2, 0) is 11.3 Å². The fourth-order valence-corrected chi connectivity index (χ4v) is 4.18. The van der Waals surface area contributed by atoms with Crippen LogP contribution in [0.3, 0.4) is 0 Å². The molecule has 4 heteroatoms. The second-order valence-electron chi connectivity index (χ2n) is 7.31. The predicted octanol–water partition coefficient (Wildman–Crippen LogP) is 3.85. The van der Waals surface area contributed by atoms with E-state index in [-0.39, 0.29) is 5.60 Å². The molecule has 1 aromatic heterocycles. The molecule has 2 fully saturated rings. The summed E-state index contributed by atoms with van der Waals surface area (Å²) >= 11 is 0. The van der Waals surface area contributed by atoms with Crippen LogP contribution in [0.25, 0.3) is 0 Å². The van der Waals surface area contributed by atoms with Crippen LogP contribution in [0, 0.1) is 0 Å². The molecule has 0 unspecified atom stereocenters. The highest BCUT2D eigenvalue weighted by atomic mass is 16.5. The summed E-state index contributed by atoms with van der Waals surface area (Å²) in [4.78, 5) is 2.42. The summed E-state index contributed by atoms with van der Waals surface area (Å²) in [6.45, 7) is 5.41. The number of aromatic amines is 1. The van der Waals surface area contributed by atoms with Crippen molar-refractivity contribution in [2.24, 2.45) is 0 Å². The number of unbranched alkanes of at least 4 members (excludes halogenated alkanes) is 1. The van der Waals surface area contributed by atoms with E-state index in [1.165, 1.54) is 69.2 Å². The molecule has 1 aliphatic heterocycles. The van der Waals surface area contributed by atoms with E-state index >= 15 is 0 Å². The fourth-order valence-electron chi connectivity index (χ4n) is 4.18. The standard InChI is InChI=1S/C18H31N3O/c1-3-4-11-21(2)14-16-13-19-20-17(16)15-6-9-18(10-7-15)8-5-12-22-18/h13,15H,3-12,14H2,1-2H3,(H,19,20). The quantitative estimate of drug-likeness (QED) is 0.868. The van der Waals surface area contributed by atoms with E-state index in [4.69, 9.17) is 4.74 Å². The van der Waals surface area contributed by atoms with Crippen molar-refractivity contribution < 1.29 is 4.74 Å². The number of nitrogens with zero attached hydrogens (tertiary/aromatic N) is 2. The molecule has 2 aliphatic rings. The zero-order valence-corrected chi connectivity index (χ0v) is 14.2. The molecule has 0 amide bonds. The van der Waals surface area contributed by atoms with Crippen LogP contribution in [0.1, 0.15) is 75.5 Å². The zero-order chi connectivity index (χ0) is 15.4. The molecular formula is C18H31N3O. The number of ether oxygens (including phenoxy) is 1. The van der Waals surface area contributed by atoms with Gasteiger partial charge in [-0.3, -0.25) is 5.10 Å². The molecule has 3 rings (SSSR count). The van der Waals surface area contributed by atoms with E-state index in [0.717, 1.165) is 13.2 Å². The summed E-state index contributed by atoms with van der Waals surface area (Å²) in [5, 5.41) is 7.64. The topological polar surface area (TPSA) is 41.2 Å². The lowest BCUT2D eigenvalue weighted by Gasteiger charge is -2.36. The molecule has 2 heterocycles. The minimum absolute atomic E-state index is 0.231. The predicted molar refractivity (Wildman–Crippen MR) is 89.0 cm³/mol. The third-order valence-electron chi connectivity index (χ3n) is 5.58. The van der Waals surface area contributed by atoms with Gasteiger partial charge in [-0.15, -0.1) is 0 Å². The Hall–Kier alpha value is -0.870. The minimum Gasteiger partial charge on any atom is -0.375 e. The van der Waals surface area contributed by atoms with Crippen LogP contribution in [0.5, 0.6) is 0 Å². The van der Waals surface area contributed by atoms with Gasteiger partial charge in [-0.1, -0.05) is 13.3 Å². The van der Waals surface area contributed by atoms with E-state index in [1.54, 1.807) is 0 Å². The maximum Gasteiger partial charge on any atom is 0.0683 e. The van der Waals surface area contributed by atoms with Crippen molar-refractivity contribution >= 4 is 0 Å². The highest BCUT2D eigenvalue weighted by Gasteiger charge is 2.39. The van der Waals surface area contributed by atoms with Gasteiger partial charge in [0.15, 0.2) is 0 Å². The lowest BCUT2D eigenvalue weighted by Crippen LogP contribution is -2.33. The van der Waals surface area contributed by atoms with Crippen molar-refractivity contribution in [3.05, 3.63) is 17.5 Å². The largest absolute Gasteiger partial charge is 0.375 e. The smallest absolute Gasteiger partial charge is 0.0683 e. The van der Waals surface area contributed by atoms with Crippen molar-refractivity contribution in [3.8, 4) is 0 Å². The number of hydrogen-bond acceptors (Lipinski definition) is 3. The van der Waals surface area contributed by atoms with Gasteiger partial charge < -0.3 is 9.64 Å². The fraction of sp³-hybridized carbons (Fsp3) is 0.833. The highest BCUT2D eigenvalue weighted by molar-refractivity contribution is 5.21. The Morgan fingerprint density at radius 2 is 2.18 bits per heavy atom. The normalized spacial score (nSPS) is 28.8. The second kappa shape index (κ2) is 7.14. The van der Waals surface area contributed by atoms with Gasteiger partial charge in [0.05, 0.1) is 11.8 Å². The zero-order valence-electron chi connectivity index (χ0n) is 14.2. The van der Waals surface area contributed by atoms with Crippen LogP contribution in [0.15, 0.2) is 6.20 Å². The summed E-state index contributed by atoms with van der Waals surface area (Å²) in [6.07, 6.45) is 12.0. The Morgan fingerprint density at radius 1 is 1.36 bits per heavy atom. The average molecular weight is 305 g/mol. The van der Waals surface area contributed by atoms with Gasteiger partial charge in [-0.05, 0) is 58.5 Å². The molecule has 1 aromatic rings. The minimum atomic E-state index is 0.231. The second-order valence-corrected chi connectivity index (χ2v) is 7.31. The first kappa shape index (κ1) is 16.0. The molecule has 0 bridgehead atoms. The molecule has 1 N–H and O–H groups in total. The van der Waals surface area contributed by atoms with Gasteiger partial charge in [0, 0.05) is 30.3 Å². The SMILES string of the molecule is CCCCN(C)Cc1cn[nH]c1C1CCC2(CCCO2)CC1. The molecule has 1 aliphatic carbocycles. The molecule has 124 valence electrons. The number of nitrogens with one attached hydrogen (secondary N) is 1. The van der Waals surface area contributed by atoms with Crippen molar-refractivity contribution in [2.45, 2.75) is 76.4 Å². The molecular weight excluding hydrogens is 274 g/mol. The van der Waals surface area contributed by atoms with Crippen LogP contribution in [-0.4, -0.2) is 40.9 Å². The third kappa shape index (κ3) is 3.54. The lowest BCUT2D eigenvalue weighted by molar-refractivity contribution is -0.0284. The van der Waals surface area contributed by atoms with Crippen molar-refractivity contribution in [2.75, 3.05) is 20.2 Å². The van der Waals surface area contributed by atoms with Crippen molar-refractivity contribution in [3.63, 3.8) is 0 Å². The number of hydrogen-bond donors (Lipinski definition) is 1. The molecule has 0 atom stereocenters. The van der Waals surface area contributed by atoms with Gasteiger partial charge >= 0.3 is 0 Å².